The fourth-order valence-corrected chi connectivity index (χ4v) is 3.42. The van der Waals surface area contributed by atoms with E-state index in [9.17, 15) is 4.79 Å². The fourth-order valence-electron chi connectivity index (χ4n) is 2.88. The Morgan fingerprint density at radius 1 is 1.04 bits per heavy atom. The summed E-state index contributed by atoms with van der Waals surface area (Å²) in [5.74, 6) is -0.119. The zero-order valence-electron chi connectivity index (χ0n) is 14.1. The Balaban J connectivity index is 1.64. The molecule has 1 N–H and O–H groups in total. The van der Waals surface area contributed by atoms with Crippen molar-refractivity contribution in [3.8, 4) is 11.3 Å². The van der Waals surface area contributed by atoms with E-state index < -0.39 is 0 Å². The molecule has 26 heavy (non-hydrogen) atoms. The summed E-state index contributed by atoms with van der Waals surface area (Å²) in [5.41, 5.74) is 5.28. The molecule has 0 atom stereocenters. The van der Waals surface area contributed by atoms with E-state index in [0.29, 0.717) is 5.56 Å². The monoisotopic (exact) mass is 453 g/mol. The molecule has 0 saturated carbocycles. The van der Waals surface area contributed by atoms with Crippen molar-refractivity contribution in [2.24, 2.45) is 0 Å². The van der Waals surface area contributed by atoms with Gasteiger partial charge in [0.25, 0.3) is 5.91 Å². The SMILES string of the molecule is Cc1cccc2nc(-c3cccc(NC(=O)c4cccc(I)c4)c3)cn12. The van der Waals surface area contributed by atoms with Gasteiger partial charge in [-0.1, -0.05) is 24.3 Å². The number of amides is 1. The van der Waals surface area contributed by atoms with E-state index in [0.717, 1.165) is 31.9 Å². The molecule has 5 heteroatoms. The zero-order chi connectivity index (χ0) is 18.1. The van der Waals surface area contributed by atoms with E-state index in [1.165, 1.54) is 0 Å². The van der Waals surface area contributed by atoms with Gasteiger partial charge in [-0.05, 0) is 72.0 Å². The Morgan fingerprint density at radius 3 is 2.65 bits per heavy atom. The van der Waals surface area contributed by atoms with Crippen LogP contribution in [0.25, 0.3) is 16.9 Å². The van der Waals surface area contributed by atoms with E-state index in [4.69, 9.17) is 0 Å². The molecule has 128 valence electrons. The quantitative estimate of drug-likeness (QED) is 0.436. The van der Waals surface area contributed by atoms with Crippen molar-refractivity contribution >= 4 is 39.8 Å². The summed E-state index contributed by atoms with van der Waals surface area (Å²) in [4.78, 5) is 17.1. The molecule has 2 aromatic carbocycles. The summed E-state index contributed by atoms with van der Waals surface area (Å²) in [6.07, 6.45) is 2.02. The highest BCUT2D eigenvalue weighted by Crippen LogP contribution is 2.23. The van der Waals surface area contributed by atoms with Crippen LogP contribution in [0.4, 0.5) is 5.69 Å². The molecule has 0 saturated heterocycles. The molecule has 0 spiro atoms. The number of benzene rings is 2. The number of imidazole rings is 1. The van der Waals surface area contributed by atoms with Gasteiger partial charge in [-0.2, -0.15) is 0 Å². The average Bonchev–Trinajstić information content (AvgIpc) is 3.08. The summed E-state index contributed by atoms with van der Waals surface area (Å²) in [6.45, 7) is 2.05. The smallest absolute Gasteiger partial charge is 0.255 e. The van der Waals surface area contributed by atoms with E-state index in [1.54, 1.807) is 0 Å². The maximum absolute atomic E-state index is 12.5. The lowest BCUT2D eigenvalue weighted by molar-refractivity contribution is 0.102. The van der Waals surface area contributed by atoms with Crippen LogP contribution in [0.2, 0.25) is 0 Å². The number of hydrogen-bond donors (Lipinski definition) is 1. The van der Waals surface area contributed by atoms with Crippen molar-refractivity contribution in [3.05, 3.63) is 87.8 Å². The first-order chi connectivity index (χ1) is 12.6. The minimum absolute atomic E-state index is 0.119. The van der Waals surface area contributed by atoms with Gasteiger partial charge in [0.15, 0.2) is 0 Å². The van der Waals surface area contributed by atoms with Gasteiger partial charge in [-0.3, -0.25) is 4.79 Å². The molecule has 0 bridgehead atoms. The summed E-state index contributed by atoms with van der Waals surface area (Å²) in [5, 5.41) is 2.96. The highest BCUT2D eigenvalue weighted by atomic mass is 127. The summed E-state index contributed by atoms with van der Waals surface area (Å²) < 4.78 is 3.09. The van der Waals surface area contributed by atoms with Crippen LogP contribution in [0.3, 0.4) is 0 Å². The first-order valence-corrected chi connectivity index (χ1v) is 9.30. The van der Waals surface area contributed by atoms with E-state index >= 15 is 0 Å². The van der Waals surface area contributed by atoms with Crippen LogP contribution >= 0.6 is 22.6 Å². The van der Waals surface area contributed by atoms with Gasteiger partial charge in [0, 0.05) is 32.3 Å². The molecule has 4 nitrogen and oxygen atoms in total. The second kappa shape index (κ2) is 6.92. The molecule has 0 fully saturated rings. The van der Waals surface area contributed by atoms with Crippen molar-refractivity contribution in [2.45, 2.75) is 6.92 Å². The number of carbonyl (C=O) groups excluding carboxylic acids is 1. The lowest BCUT2D eigenvalue weighted by atomic mass is 10.1. The molecule has 0 aliphatic rings. The van der Waals surface area contributed by atoms with Crippen LogP contribution in [0, 0.1) is 10.5 Å². The molecule has 2 aromatic heterocycles. The number of halogens is 1. The number of carbonyl (C=O) groups is 1. The van der Waals surface area contributed by atoms with Crippen LogP contribution in [0.15, 0.2) is 72.9 Å². The Kier molecular flexibility index (Phi) is 4.46. The first kappa shape index (κ1) is 16.8. The van der Waals surface area contributed by atoms with Crippen LogP contribution in [-0.4, -0.2) is 15.3 Å². The van der Waals surface area contributed by atoms with Gasteiger partial charge in [-0.25, -0.2) is 4.98 Å². The summed E-state index contributed by atoms with van der Waals surface area (Å²) >= 11 is 2.20. The van der Waals surface area contributed by atoms with Crippen LogP contribution in [-0.2, 0) is 0 Å². The van der Waals surface area contributed by atoms with Crippen LogP contribution in [0.5, 0.6) is 0 Å². The van der Waals surface area contributed by atoms with Crippen molar-refractivity contribution in [1.29, 1.82) is 0 Å². The lowest BCUT2D eigenvalue weighted by Gasteiger charge is -2.07. The second-order valence-corrected chi connectivity index (χ2v) is 7.31. The molecule has 4 aromatic rings. The molecule has 0 radical (unpaired) electrons. The number of nitrogens with zero attached hydrogens (tertiary/aromatic N) is 2. The number of aryl methyl sites for hydroxylation is 1. The molecule has 0 aliphatic heterocycles. The van der Waals surface area contributed by atoms with Gasteiger partial charge >= 0.3 is 0 Å². The van der Waals surface area contributed by atoms with Gasteiger partial charge in [-0.15, -0.1) is 0 Å². The maximum atomic E-state index is 12.5. The maximum Gasteiger partial charge on any atom is 0.255 e. The Morgan fingerprint density at radius 2 is 1.85 bits per heavy atom. The molecule has 2 heterocycles. The Labute approximate surface area is 165 Å². The predicted octanol–water partition coefficient (Wildman–Crippen LogP) is 5.17. The van der Waals surface area contributed by atoms with Crippen molar-refractivity contribution in [3.63, 3.8) is 0 Å². The largest absolute Gasteiger partial charge is 0.322 e. The lowest BCUT2D eigenvalue weighted by Crippen LogP contribution is -2.11. The van der Waals surface area contributed by atoms with Gasteiger partial charge in [0.2, 0.25) is 0 Å². The Hall–Kier alpha value is -2.67. The second-order valence-electron chi connectivity index (χ2n) is 6.07. The minimum atomic E-state index is -0.119. The third-order valence-electron chi connectivity index (χ3n) is 4.20. The number of rotatable bonds is 3. The van der Waals surface area contributed by atoms with Crippen LogP contribution < -0.4 is 5.32 Å². The average molecular weight is 453 g/mol. The molecule has 1 amide bonds. The number of nitrogens with one attached hydrogen (secondary N) is 1. The zero-order valence-corrected chi connectivity index (χ0v) is 16.3. The molecule has 0 unspecified atom stereocenters. The van der Waals surface area contributed by atoms with Gasteiger partial charge in [0.05, 0.1) is 5.69 Å². The molecular weight excluding hydrogens is 437 g/mol. The molecule has 0 aliphatic carbocycles. The number of aromatic nitrogens is 2. The van der Waals surface area contributed by atoms with E-state index in [-0.39, 0.29) is 5.91 Å². The Bertz CT molecular complexity index is 1120. The molecular formula is C21H16IN3O. The highest BCUT2D eigenvalue weighted by Gasteiger charge is 2.09. The summed E-state index contributed by atoms with van der Waals surface area (Å²) in [7, 11) is 0. The van der Waals surface area contributed by atoms with Crippen molar-refractivity contribution < 1.29 is 4.79 Å². The standard InChI is InChI=1S/C21H16IN3O/c1-14-5-2-10-20-24-19(13-25(14)20)15-6-4-9-18(12-15)23-21(26)16-7-3-8-17(22)11-16/h2-13H,1H3,(H,23,26). The number of fused-ring (bicyclic) bond motifs is 1. The van der Waals surface area contributed by atoms with Crippen molar-refractivity contribution in [1.82, 2.24) is 9.38 Å². The van der Waals surface area contributed by atoms with Crippen LogP contribution in [0.1, 0.15) is 16.1 Å². The topological polar surface area (TPSA) is 46.4 Å². The van der Waals surface area contributed by atoms with E-state index in [1.807, 2.05) is 66.9 Å². The third kappa shape index (κ3) is 3.35. The van der Waals surface area contributed by atoms with Gasteiger partial charge < -0.3 is 9.72 Å². The molecule has 4 rings (SSSR count). The number of anilines is 1. The van der Waals surface area contributed by atoms with Gasteiger partial charge in [0.1, 0.15) is 5.65 Å². The number of hydrogen-bond acceptors (Lipinski definition) is 2. The predicted molar refractivity (Wildman–Crippen MR) is 112 cm³/mol. The van der Waals surface area contributed by atoms with Crippen molar-refractivity contribution in [2.75, 3.05) is 5.32 Å². The normalized spacial score (nSPS) is 10.8. The first-order valence-electron chi connectivity index (χ1n) is 8.22. The fraction of sp³-hybridized carbons (Fsp3) is 0.0476. The third-order valence-corrected chi connectivity index (χ3v) is 4.87. The highest BCUT2D eigenvalue weighted by molar-refractivity contribution is 14.1. The van der Waals surface area contributed by atoms with E-state index in [2.05, 4.69) is 50.3 Å². The summed E-state index contributed by atoms with van der Waals surface area (Å²) in [6, 6.07) is 21.3. The minimum Gasteiger partial charge on any atom is -0.322 e. The number of pyridine rings is 1.